The highest BCUT2D eigenvalue weighted by Gasteiger charge is 2.27. The molecular formula is C18H18O2. The Hall–Kier alpha value is -2.22. The van der Waals surface area contributed by atoms with Crippen molar-refractivity contribution in [3.8, 4) is 5.75 Å². The summed E-state index contributed by atoms with van der Waals surface area (Å²) in [5, 5.41) is 0. The number of fused-ring (bicyclic) bond motifs is 1. The van der Waals surface area contributed by atoms with Crippen LogP contribution in [0.1, 0.15) is 31.1 Å². The average Bonchev–Trinajstić information content (AvgIpc) is 2.51. The molecule has 0 amide bonds. The van der Waals surface area contributed by atoms with Crippen LogP contribution >= 0.6 is 0 Å². The zero-order chi connectivity index (χ0) is 13.9. The number of hydrogen-bond acceptors (Lipinski definition) is 2. The molecule has 0 bridgehead atoms. The molecular weight excluding hydrogens is 248 g/mol. The summed E-state index contributed by atoms with van der Waals surface area (Å²) >= 11 is 0. The summed E-state index contributed by atoms with van der Waals surface area (Å²) in [6, 6.07) is 18.3. The van der Waals surface area contributed by atoms with Crippen LogP contribution in [0.15, 0.2) is 60.2 Å². The third kappa shape index (κ3) is 2.18. The van der Waals surface area contributed by atoms with Crippen molar-refractivity contribution in [2.75, 3.05) is 6.61 Å². The molecule has 0 radical (unpaired) electrons. The lowest BCUT2D eigenvalue weighted by atomic mass is 9.96. The van der Waals surface area contributed by atoms with Gasteiger partial charge in [-0.25, -0.2) is 0 Å². The van der Waals surface area contributed by atoms with Gasteiger partial charge in [0.2, 0.25) is 0 Å². The molecule has 0 fully saturated rings. The standard InChI is InChI=1S/C18H18O2/c1-3-19-18-13(2)17(14-9-5-4-6-10-14)20-16-12-8-7-11-15(16)18/h4-12,17H,3H2,1-2H3/t17-/m1/s1. The lowest BCUT2D eigenvalue weighted by molar-refractivity contribution is 0.215. The Morgan fingerprint density at radius 2 is 1.70 bits per heavy atom. The zero-order valence-corrected chi connectivity index (χ0v) is 11.8. The second kappa shape index (κ2) is 5.41. The minimum absolute atomic E-state index is 0.0762. The monoisotopic (exact) mass is 266 g/mol. The van der Waals surface area contributed by atoms with Gasteiger partial charge >= 0.3 is 0 Å². The van der Waals surface area contributed by atoms with Gasteiger partial charge in [0.25, 0.3) is 0 Å². The highest BCUT2D eigenvalue weighted by Crippen LogP contribution is 2.42. The highest BCUT2D eigenvalue weighted by molar-refractivity contribution is 5.71. The predicted octanol–water partition coefficient (Wildman–Crippen LogP) is 4.59. The third-order valence-electron chi connectivity index (χ3n) is 3.52. The Morgan fingerprint density at radius 1 is 1.00 bits per heavy atom. The molecule has 1 heterocycles. The molecule has 20 heavy (non-hydrogen) atoms. The summed E-state index contributed by atoms with van der Waals surface area (Å²) in [7, 11) is 0. The Bertz CT molecular complexity index is 629. The minimum atomic E-state index is -0.0762. The van der Waals surface area contributed by atoms with E-state index in [0.29, 0.717) is 6.61 Å². The van der Waals surface area contributed by atoms with Crippen LogP contribution in [-0.2, 0) is 4.74 Å². The first-order valence-electron chi connectivity index (χ1n) is 6.96. The highest BCUT2D eigenvalue weighted by atomic mass is 16.5. The van der Waals surface area contributed by atoms with E-state index in [1.54, 1.807) is 0 Å². The van der Waals surface area contributed by atoms with Crippen LogP contribution in [0.2, 0.25) is 0 Å². The van der Waals surface area contributed by atoms with Gasteiger partial charge in [-0.1, -0.05) is 42.5 Å². The van der Waals surface area contributed by atoms with Gasteiger partial charge in [-0.15, -0.1) is 0 Å². The quantitative estimate of drug-likeness (QED) is 0.809. The maximum atomic E-state index is 6.17. The van der Waals surface area contributed by atoms with Crippen LogP contribution in [0.5, 0.6) is 5.75 Å². The van der Waals surface area contributed by atoms with Crippen LogP contribution < -0.4 is 4.74 Å². The van der Waals surface area contributed by atoms with Crippen molar-refractivity contribution in [2.45, 2.75) is 20.0 Å². The minimum Gasteiger partial charge on any atom is -0.493 e. The Labute approximate surface area is 119 Å². The molecule has 3 rings (SSSR count). The van der Waals surface area contributed by atoms with E-state index in [-0.39, 0.29) is 6.10 Å². The number of para-hydroxylation sites is 1. The fourth-order valence-electron chi connectivity index (χ4n) is 2.59. The summed E-state index contributed by atoms with van der Waals surface area (Å²) in [5.74, 6) is 1.83. The summed E-state index contributed by atoms with van der Waals surface area (Å²) in [6.45, 7) is 4.75. The van der Waals surface area contributed by atoms with E-state index in [4.69, 9.17) is 9.47 Å². The Morgan fingerprint density at radius 3 is 2.45 bits per heavy atom. The molecule has 2 aromatic rings. The summed E-state index contributed by atoms with van der Waals surface area (Å²) in [5.41, 5.74) is 3.31. The van der Waals surface area contributed by atoms with Crippen molar-refractivity contribution in [1.82, 2.24) is 0 Å². The molecule has 0 N–H and O–H groups in total. The van der Waals surface area contributed by atoms with E-state index in [0.717, 1.165) is 28.2 Å². The van der Waals surface area contributed by atoms with Crippen molar-refractivity contribution in [3.63, 3.8) is 0 Å². The molecule has 102 valence electrons. The first-order chi connectivity index (χ1) is 9.81. The summed E-state index contributed by atoms with van der Waals surface area (Å²) in [6.07, 6.45) is -0.0762. The first-order valence-corrected chi connectivity index (χ1v) is 6.96. The van der Waals surface area contributed by atoms with Crippen LogP contribution in [0.4, 0.5) is 0 Å². The summed E-state index contributed by atoms with van der Waals surface area (Å²) < 4.78 is 12.0. The molecule has 0 saturated carbocycles. The van der Waals surface area contributed by atoms with Gasteiger partial charge in [0.05, 0.1) is 12.2 Å². The average molecular weight is 266 g/mol. The third-order valence-corrected chi connectivity index (χ3v) is 3.52. The lowest BCUT2D eigenvalue weighted by Crippen LogP contribution is -2.17. The van der Waals surface area contributed by atoms with Gasteiger partial charge in [-0.05, 0) is 31.5 Å². The maximum Gasteiger partial charge on any atom is 0.148 e. The number of benzene rings is 2. The molecule has 0 aliphatic carbocycles. The number of rotatable bonds is 3. The first kappa shape index (κ1) is 12.8. The van der Waals surface area contributed by atoms with Crippen LogP contribution in [0.3, 0.4) is 0 Å². The molecule has 1 aliphatic rings. The Balaban J connectivity index is 2.10. The second-order valence-corrected chi connectivity index (χ2v) is 4.85. The van der Waals surface area contributed by atoms with Crippen molar-refractivity contribution in [3.05, 3.63) is 71.3 Å². The predicted molar refractivity (Wildman–Crippen MR) is 80.5 cm³/mol. The zero-order valence-electron chi connectivity index (χ0n) is 11.8. The molecule has 0 saturated heterocycles. The van der Waals surface area contributed by atoms with Gasteiger partial charge in [0.15, 0.2) is 0 Å². The van der Waals surface area contributed by atoms with E-state index in [9.17, 15) is 0 Å². The van der Waals surface area contributed by atoms with Gasteiger partial charge in [0.1, 0.15) is 17.6 Å². The lowest BCUT2D eigenvalue weighted by Gasteiger charge is -2.29. The van der Waals surface area contributed by atoms with E-state index >= 15 is 0 Å². The smallest absolute Gasteiger partial charge is 0.148 e. The van der Waals surface area contributed by atoms with E-state index in [1.807, 2.05) is 49.4 Å². The summed E-state index contributed by atoms with van der Waals surface area (Å²) in [4.78, 5) is 0. The van der Waals surface area contributed by atoms with E-state index in [1.165, 1.54) is 0 Å². The normalized spacial score (nSPS) is 17.4. The van der Waals surface area contributed by atoms with E-state index in [2.05, 4.69) is 19.1 Å². The molecule has 2 aromatic carbocycles. The number of hydrogen-bond donors (Lipinski definition) is 0. The molecule has 2 nitrogen and oxygen atoms in total. The van der Waals surface area contributed by atoms with Crippen LogP contribution in [0.25, 0.3) is 5.76 Å². The van der Waals surface area contributed by atoms with Crippen molar-refractivity contribution >= 4 is 5.76 Å². The van der Waals surface area contributed by atoms with E-state index < -0.39 is 0 Å². The van der Waals surface area contributed by atoms with Gasteiger partial charge in [0, 0.05) is 5.57 Å². The SMILES string of the molecule is CCOC1=C(C)[C@H](c2ccccc2)Oc2ccccc21. The maximum absolute atomic E-state index is 6.17. The second-order valence-electron chi connectivity index (χ2n) is 4.85. The van der Waals surface area contributed by atoms with Gasteiger partial charge < -0.3 is 9.47 Å². The molecule has 1 atom stereocenters. The molecule has 1 aliphatic heterocycles. The molecule has 0 unspecified atom stereocenters. The van der Waals surface area contributed by atoms with Gasteiger partial charge in [-0.3, -0.25) is 0 Å². The van der Waals surface area contributed by atoms with Crippen molar-refractivity contribution in [2.24, 2.45) is 0 Å². The fraction of sp³-hybridized carbons (Fsp3) is 0.222. The largest absolute Gasteiger partial charge is 0.493 e. The fourth-order valence-corrected chi connectivity index (χ4v) is 2.59. The Kier molecular flexibility index (Phi) is 3.46. The van der Waals surface area contributed by atoms with Crippen LogP contribution in [0, 0.1) is 0 Å². The van der Waals surface area contributed by atoms with Crippen molar-refractivity contribution in [1.29, 1.82) is 0 Å². The molecule has 2 heteroatoms. The molecule has 0 aromatic heterocycles. The number of ether oxygens (including phenoxy) is 2. The topological polar surface area (TPSA) is 18.5 Å². The van der Waals surface area contributed by atoms with Crippen LogP contribution in [-0.4, -0.2) is 6.61 Å². The molecule has 0 spiro atoms. The van der Waals surface area contributed by atoms with Gasteiger partial charge in [-0.2, -0.15) is 0 Å². The van der Waals surface area contributed by atoms with Crippen molar-refractivity contribution < 1.29 is 9.47 Å².